The Hall–Kier alpha value is -2.30. The van der Waals surface area contributed by atoms with Gasteiger partial charge >= 0.3 is 6.03 Å². The molecule has 2 aromatic rings. The number of para-hydroxylation sites is 1. The van der Waals surface area contributed by atoms with E-state index in [-0.39, 0.29) is 11.4 Å². The number of benzene rings is 1. The van der Waals surface area contributed by atoms with Crippen LogP contribution in [0.15, 0.2) is 36.5 Å². The van der Waals surface area contributed by atoms with Gasteiger partial charge in [-0.1, -0.05) is 31.0 Å². The Kier molecular flexibility index (Phi) is 3.13. The SMILES string of the molecule is O=C(NCc1ccn[nH]1)N1CC2(CCCC2)c2ccccc21. The zero-order valence-electron chi connectivity index (χ0n) is 12.5. The second kappa shape index (κ2) is 5.16. The summed E-state index contributed by atoms with van der Waals surface area (Å²) in [7, 11) is 0. The van der Waals surface area contributed by atoms with E-state index in [9.17, 15) is 4.79 Å². The van der Waals surface area contributed by atoms with Crippen LogP contribution in [0.5, 0.6) is 0 Å². The number of H-pyrrole nitrogens is 1. The van der Waals surface area contributed by atoms with Crippen molar-refractivity contribution in [3.63, 3.8) is 0 Å². The maximum Gasteiger partial charge on any atom is 0.322 e. The number of hydrogen-bond acceptors (Lipinski definition) is 2. The van der Waals surface area contributed by atoms with Crippen molar-refractivity contribution in [2.75, 3.05) is 11.4 Å². The average molecular weight is 296 g/mol. The number of carbonyl (C=O) groups excluding carboxylic acids is 1. The highest BCUT2D eigenvalue weighted by molar-refractivity contribution is 5.95. The second-order valence-corrected chi connectivity index (χ2v) is 6.33. The third-order valence-corrected chi connectivity index (χ3v) is 5.02. The summed E-state index contributed by atoms with van der Waals surface area (Å²) in [5.41, 5.74) is 3.52. The molecule has 1 aromatic heterocycles. The predicted molar refractivity (Wildman–Crippen MR) is 84.8 cm³/mol. The number of aromatic amines is 1. The number of rotatable bonds is 2. The van der Waals surface area contributed by atoms with Crippen LogP contribution < -0.4 is 10.2 Å². The first-order valence-electron chi connectivity index (χ1n) is 7.92. The van der Waals surface area contributed by atoms with E-state index in [1.54, 1.807) is 6.20 Å². The van der Waals surface area contributed by atoms with Gasteiger partial charge in [-0.15, -0.1) is 0 Å². The summed E-state index contributed by atoms with van der Waals surface area (Å²) in [5, 5.41) is 9.76. The van der Waals surface area contributed by atoms with Gasteiger partial charge in [0, 0.05) is 23.8 Å². The topological polar surface area (TPSA) is 61.0 Å². The molecule has 0 atom stereocenters. The summed E-state index contributed by atoms with van der Waals surface area (Å²) in [5.74, 6) is 0. The second-order valence-electron chi connectivity index (χ2n) is 6.33. The lowest BCUT2D eigenvalue weighted by atomic mass is 9.81. The average Bonchev–Trinajstić information content (AvgIpc) is 3.28. The van der Waals surface area contributed by atoms with Crippen molar-refractivity contribution < 1.29 is 4.79 Å². The van der Waals surface area contributed by atoms with Gasteiger partial charge in [0.05, 0.1) is 12.2 Å². The van der Waals surface area contributed by atoms with Crippen molar-refractivity contribution in [3.05, 3.63) is 47.8 Å². The molecule has 1 aliphatic heterocycles. The Bertz CT molecular complexity index is 674. The molecular formula is C17H20N4O. The van der Waals surface area contributed by atoms with Crippen molar-refractivity contribution in [3.8, 4) is 0 Å². The molecule has 1 fully saturated rings. The Labute approximate surface area is 129 Å². The van der Waals surface area contributed by atoms with E-state index in [0.29, 0.717) is 6.54 Å². The molecule has 5 nitrogen and oxygen atoms in total. The lowest BCUT2D eigenvalue weighted by Crippen LogP contribution is -2.41. The standard InChI is InChI=1S/C17H20N4O/c22-16(18-11-13-7-10-19-20-13)21-12-17(8-3-4-9-17)14-5-1-2-6-15(14)21/h1-2,5-7,10H,3-4,8-9,11-12H2,(H,18,22)(H,19,20). The first-order valence-corrected chi connectivity index (χ1v) is 7.92. The summed E-state index contributed by atoms with van der Waals surface area (Å²) >= 11 is 0. The summed E-state index contributed by atoms with van der Waals surface area (Å²) in [6.45, 7) is 1.28. The molecule has 1 spiro atoms. The van der Waals surface area contributed by atoms with Crippen molar-refractivity contribution >= 4 is 11.7 Å². The van der Waals surface area contributed by atoms with E-state index < -0.39 is 0 Å². The van der Waals surface area contributed by atoms with Crippen molar-refractivity contribution in [2.45, 2.75) is 37.6 Å². The molecular weight excluding hydrogens is 276 g/mol. The molecule has 0 radical (unpaired) electrons. The normalized spacial score (nSPS) is 18.6. The highest BCUT2D eigenvalue weighted by atomic mass is 16.2. The minimum atomic E-state index is -0.0224. The number of aromatic nitrogens is 2. The molecule has 5 heteroatoms. The fourth-order valence-electron chi connectivity index (χ4n) is 3.94. The Balaban J connectivity index is 1.56. The van der Waals surface area contributed by atoms with Gasteiger partial charge in [-0.2, -0.15) is 5.10 Å². The maximum atomic E-state index is 12.6. The van der Waals surface area contributed by atoms with Crippen LogP contribution in [0.25, 0.3) is 0 Å². The van der Waals surface area contributed by atoms with E-state index >= 15 is 0 Å². The van der Waals surface area contributed by atoms with Crippen molar-refractivity contribution in [1.82, 2.24) is 15.5 Å². The van der Waals surface area contributed by atoms with Gasteiger partial charge in [0.15, 0.2) is 0 Å². The van der Waals surface area contributed by atoms with Crippen molar-refractivity contribution in [1.29, 1.82) is 0 Å². The van der Waals surface area contributed by atoms with E-state index in [1.165, 1.54) is 31.2 Å². The summed E-state index contributed by atoms with van der Waals surface area (Å²) < 4.78 is 0. The van der Waals surface area contributed by atoms with Crippen LogP contribution in [0.2, 0.25) is 0 Å². The van der Waals surface area contributed by atoms with Crippen LogP contribution in [0.1, 0.15) is 36.9 Å². The fourth-order valence-corrected chi connectivity index (χ4v) is 3.94. The lowest BCUT2D eigenvalue weighted by Gasteiger charge is -2.24. The molecule has 0 saturated heterocycles. The molecule has 114 valence electrons. The molecule has 2 heterocycles. The van der Waals surface area contributed by atoms with Crippen LogP contribution >= 0.6 is 0 Å². The van der Waals surface area contributed by atoms with Gasteiger partial charge in [0.25, 0.3) is 0 Å². The molecule has 4 rings (SSSR count). The maximum absolute atomic E-state index is 12.6. The van der Waals surface area contributed by atoms with E-state index in [4.69, 9.17) is 0 Å². The highest BCUT2D eigenvalue weighted by Crippen LogP contribution is 2.50. The van der Waals surface area contributed by atoms with Gasteiger partial charge in [-0.3, -0.25) is 10.00 Å². The largest absolute Gasteiger partial charge is 0.332 e. The number of anilines is 1. The van der Waals surface area contributed by atoms with Gasteiger partial charge in [-0.25, -0.2) is 4.79 Å². The molecule has 1 aliphatic carbocycles. The van der Waals surface area contributed by atoms with E-state index in [1.807, 2.05) is 17.0 Å². The Morgan fingerprint density at radius 1 is 1.27 bits per heavy atom. The summed E-state index contributed by atoms with van der Waals surface area (Å²) in [6.07, 6.45) is 6.60. The zero-order chi connectivity index (χ0) is 15.0. The summed E-state index contributed by atoms with van der Waals surface area (Å²) in [6, 6.07) is 10.2. The van der Waals surface area contributed by atoms with Gasteiger partial charge in [0.2, 0.25) is 0 Å². The Morgan fingerprint density at radius 3 is 2.86 bits per heavy atom. The van der Waals surface area contributed by atoms with Gasteiger partial charge in [0.1, 0.15) is 0 Å². The quantitative estimate of drug-likeness (QED) is 0.895. The molecule has 2 N–H and O–H groups in total. The highest BCUT2D eigenvalue weighted by Gasteiger charge is 2.45. The molecule has 0 unspecified atom stereocenters. The molecule has 2 aliphatic rings. The lowest BCUT2D eigenvalue weighted by molar-refractivity contribution is 0.245. The predicted octanol–water partition coefficient (Wildman–Crippen LogP) is 2.95. The smallest absolute Gasteiger partial charge is 0.322 e. The Morgan fingerprint density at radius 2 is 2.09 bits per heavy atom. The number of urea groups is 1. The third-order valence-electron chi connectivity index (χ3n) is 5.02. The fraction of sp³-hybridized carbons (Fsp3) is 0.412. The molecule has 22 heavy (non-hydrogen) atoms. The van der Waals surface area contributed by atoms with Crippen LogP contribution in [-0.2, 0) is 12.0 Å². The molecule has 1 saturated carbocycles. The molecule has 2 amide bonds. The number of amides is 2. The first kappa shape index (κ1) is 13.4. The molecule has 0 bridgehead atoms. The third kappa shape index (κ3) is 2.08. The number of nitrogens with one attached hydrogen (secondary N) is 2. The van der Waals surface area contributed by atoms with Crippen LogP contribution in [-0.4, -0.2) is 22.8 Å². The number of fused-ring (bicyclic) bond motifs is 2. The van der Waals surface area contributed by atoms with Crippen molar-refractivity contribution in [2.24, 2.45) is 0 Å². The van der Waals surface area contributed by atoms with E-state index in [2.05, 4.69) is 33.7 Å². The monoisotopic (exact) mass is 296 g/mol. The minimum Gasteiger partial charge on any atom is -0.332 e. The number of carbonyl (C=O) groups is 1. The van der Waals surface area contributed by atoms with Crippen LogP contribution in [0.4, 0.5) is 10.5 Å². The van der Waals surface area contributed by atoms with Gasteiger partial charge in [-0.05, 0) is 30.5 Å². The first-order chi connectivity index (χ1) is 10.8. The zero-order valence-corrected chi connectivity index (χ0v) is 12.5. The summed E-state index contributed by atoms with van der Waals surface area (Å²) in [4.78, 5) is 14.5. The minimum absolute atomic E-state index is 0.0224. The van der Waals surface area contributed by atoms with Crippen LogP contribution in [0.3, 0.4) is 0 Å². The van der Waals surface area contributed by atoms with E-state index in [0.717, 1.165) is 17.9 Å². The van der Waals surface area contributed by atoms with Gasteiger partial charge < -0.3 is 5.32 Å². The number of nitrogens with zero attached hydrogens (tertiary/aromatic N) is 2. The van der Waals surface area contributed by atoms with Crippen LogP contribution in [0, 0.1) is 0 Å². The molecule has 1 aromatic carbocycles. The number of hydrogen-bond donors (Lipinski definition) is 2.